The lowest BCUT2D eigenvalue weighted by molar-refractivity contribution is -0.126. The van der Waals surface area contributed by atoms with E-state index in [2.05, 4.69) is 38.4 Å². The van der Waals surface area contributed by atoms with Crippen molar-refractivity contribution in [1.29, 1.82) is 0 Å². The average Bonchev–Trinajstić information content (AvgIpc) is 3.26. The number of benzene rings is 1. The molecule has 2 fully saturated rings. The molecule has 1 aromatic carbocycles. The zero-order chi connectivity index (χ0) is 17.1. The summed E-state index contributed by atoms with van der Waals surface area (Å²) >= 11 is 3.33. The summed E-state index contributed by atoms with van der Waals surface area (Å²) in [7, 11) is 0. The Morgan fingerprint density at radius 1 is 1.04 bits per heavy atom. The van der Waals surface area contributed by atoms with Gasteiger partial charge in [-0.25, -0.2) is 0 Å². The Hall–Kier alpha value is -1.31. The number of fused-ring (bicyclic) bond motifs is 1. The highest BCUT2D eigenvalue weighted by Gasteiger charge is 2.21. The normalized spacial score (nSPS) is 19.3. The summed E-state index contributed by atoms with van der Waals surface area (Å²) < 4.78 is 5.95. The fourth-order valence-corrected chi connectivity index (χ4v) is 5.26. The summed E-state index contributed by atoms with van der Waals surface area (Å²) in [6.45, 7) is 6.37. The van der Waals surface area contributed by atoms with Gasteiger partial charge < -0.3 is 9.80 Å². The molecule has 2 aliphatic heterocycles. The fourth-order valence-electron chi connectivity index (χ4n) is 3.52. The molecule has 2 aromatic rings. The van der Waals surface area contributed by atoms with Crippen molar-refractivity contribution in [2.45, 2.75) is 12.8 Å². The van der Waals surface area contributed by atoms with Gasteiger partial charge in [-0.15, -0.1) is 11.8 Å². The van der Waals surface area contributed by atoms with Crippen LogP contribution in [0.4, 0.5) is 5.82 Å². The van der Waals surface area contributed by atoms with Gasteiger partial charge >= 0.3 is 0 Å². The van der Waals surface area contributed by atoms with Crippen LogP contribution in [-0.4, -0.2) is 71.0 Å². The molecular formula is C18H24N4OS2. The largest absolute Gasteiger partial charge is 0.353 e. The fraction of sp³-hybridized carbons (Fsp3) is 0.556. The number of carbonyl (C=O) groups is 1. The molecule has 0 saturated carbocycles. The zero-order valence-electron chi connectivity index (χ0n) is 14.4. The summed E-state index contributed by atoms with van der Waals surface area (Å²) in [4.78, 5) is 18.6. The number of thioether (sulfide) groups is 1. The monoisotopic (exact) mass is 376 g/mol. The predicted molar refractivity (Wildman–Crippen MR) is 107 cm³/mol. The van der Waals surface area contributed by atoms with Gasteiger partial charge in [0.2, 0.25) is 5.91 Å². The number of hydrogen-bond acceptors (Lipinski definition) is 6. The number of amides is 1. The van der Waals surface area contributed by atoms with E-state index in [1.807, 2.05) is 4.90 Å². The smallest absolute Gasteiger partial charge is 0.233 e. The molecule has 5 nitrogen and oxygen atoms in total. The summed E-state index contributed by atoms with van der Waals surface area (Å²) in [6, 6.07) is 8.51. The molecule has 1 amide bonds. The summed E-state index contributed by atoms with van der Waals surface area (Å²) in [6.07, 6.45) is 2.29. The van der Waals surface area contributed by atoms with E-state index in [4.69, 9.17) is 0 Å². The molecule has 2 saturated heterocycles. The highest BCUT2D eigenvalue weighted by molar-refractivity contribution is 8.00. The molecule has 3 heterocycles. The molecule has 0 N–H and O–H groups in total. The number of aromatic nitrogens is 1. The minimum atomic E-state index is 0.314. The first kappa shape index (κ1) is 17.1. The van der Waals surface area contributed by atoms with E-state index in [1.165, 1.54) is 16.5 Å². The minimum Gasteiger partial charge on any atom is -0.353 e. The first-order valence-electron chi connectivity index (χ1n) is 8.98. The number of hydrogen-bond donors (Lipinski definition) is 0. The molecule has 7 heteroatoms. The number of piperazine rings is 1. The highest BCUT2D eigenvalue weighted by atomic mass is 32.2. The van der Waals surface area contributed by atoms with E-state index in [0.717, 1.165) is 57.4 Å². The molecule has 0 unspecified atom stereocenters. The van der Waals surface area contributed by atoms with E-state index in [0.29, 0.717) is 11.7 Å². The van der Waals surface area contributed by atoms with Crippen LogP contribution >= 0.6 is 23.3 Å². The first-order chi connectivity index (χ1) is 12.3. The van der Waals surface area contributed by atoms with Crippen molar-refractivity contribution in [2.24, 2.45) is 0 Å². The maximum atomic E-state index is 11.6. The van der Waals surface area contributed by atoms with Crippen molar-refractivity contribution in [3.05, 3.63) is 24.3 Å². The molecule has 0 spiro atoms. The van der Waals surface area contributed by atoms with E-state index < -0.39 is 0 Å². The van der Waals surface area contributed by atoms with Crippen molar-refractivity contribution in [1.82, 2.24) is 14.2 Å². The third-order valence-corrected chi connectivity index (χ3v) is 6.77. The third-order valence-electron chi connectivity index (χ3n) is 5.01. The summed E-state index contributed by atoms with van der Waals surface area (Å²) in [5, 5.41) is 1.29. The average molecular weight is 377 g/mol. The lowest BCUT2D eigenvalue weighted by atomic mass is 10.2. The number of unbranched alkanes of at least 4 members (excludes halogenated alkanes) is 1. The Bertz CT molecular complexity index is 727. The molecule has 25 heavy (non-hydrogen) atoms. The van der Waals surface area contributed by atoms with Crippen LogP contribution in [0.2, 0.25) is 0 Å². The van der Waals surface area contributed by atoms with Crippen LogP contribution in [0, 0.1) is 0 Å². The Labute approximate surface area is 157 Å². The Morgan fingerprint density at radius 2 is 1.84 bits per heavy atom. The second kappa shape index (κ2) is 7.93. The molecule has 4 rings (SSSR count). The van der Waals surface area contributed by atoms with Gasteiger partial charge in [0.25, 0.3) is 0 Å². The molecule has 0 radical (unpaired) electrons. The molecule has 0 aliphatic carbocycles. The first-order valence-corrected chi connectivity index (χ1v) is 10.9. The topological polar surface area (TPSA) is 39.7 Å². The standard InChI is InChI=1S/C18H24N4OS2/c23-17-13-24-14-22(17)8-4-3-7-20-9-11-21(12-10-20)18-15-5-1-2-6-16(15)25-19-18/h1-2,5-6H,3-4,7-14H2. The molecule has 1 aromatic heterocycles. The molecule has 0 atom stereocenters. The summed E-state index contributed by atoms with van der Waals surface area (Å²) in [5.74, 6) is 3.03. The van der Waals surface area contributed by atoms with Gasteiger partial charge in [0.05, 0.1) is 16.3 Å². The van der Waals surface area contributed by atoms with Crippen molar-refractivity contribution in [2.75, 3.05) is 55.8 Å². The molecule has 0 bridgehead atoms. The number of anilines is 1. The molecule has 2 aliphatic rings. The predicted octanol–water partition coefficient (Wildman–Crippen LogP) is 2.73. The maximum Gasteiger partial charge on any atom is 0.233 e. The van der Waals surface area contributed by atoms with Crippen LogP contribution in [0.15, 0.2) is 24.3 Å². The van der Waals surface area contributed by atoms with Crippen molar-refractivity contribution in [3.8, 4) is 0 Å². The van der Waals surface area contributed by atoms with Crippen molar-refractivity contribution >= 4 is 45.1 Å². The summed E-state index contributed by atoms with van der Waals surface area (Å²) in [5.41, 5.74) is 0. The van der Waals surface area contributed by atoms with Crippen molar-refractivity contribution in [3.63, 3.8) is 0 Å². The third kappa shape index (κ3) is 3.93. The minimum absolute atomic E-state index is 0.314. The number of nitrogens with zero attached hydrogens (tertiary/aromatic N) is 4. The highest BCUT2D eigenvalue weighted by Crippen LogP contribution is 2.29. The van der Waals surface area contributed by atoms with E-state index >= 15 is 0 Å². The van der Waals surface area contributed by atoms with Crippen LogP contribution in [0.3, 0.4) is 0 Å². The number of carbonyl (C=O) groups excluding carboxylic acids is 1. The number of rotatable bonds is 6. The molecular weight excluding hydrogens is 352 g/mol. The van der Waals surface area contributed by atoms with Gasteiger partial charge in [0.1, 0.15) is 5.82 Å². The van der Waals surface area contributed by atoms with E-state index in [1.54, 1.807) is 23.3 Å². The second-order valence-electron chi connectivity index (χ2n) is 6.67. The van der Waals surface area contributed by atoms with Crippen LogP contribution < -0.4 is 4.90 Å². The quantitative estimate of drug-likeness (QED) is 0.725. The maximum absolute atomic E-state index is 11.6. The Morgan fingerprint density at radius 3 is 2.64 bits per heavy atom. The zero-order valence-corrected chi connectivity index (χ0v) is 16.0. The van der Waals surface area contributed by atoms with Crippen LogP contribution in [0.25, 0.3) is 10.1 Å². The SMILES string of the molecule is O=C1CSCN1CCCCN1CCN(c2nsc3ccccc23)CC1. The molecule has 134 valence electrons. The van der Waals surface area contributed by atoms with Gasteiger partial charge in [0.15, 0.2) is 0 Å². The van der Waals surface area contributed by atoms with Gasteiger partial charge in [-0.1, -0.05) is 12.1 Å². The van der Waals surface area contributed by atoms with Crippen LogP contribution in [0.1, 0.15) is 12.8 Å². The van der Waals surface area contributed by atoms with Crippen LogP contribution in [-0.2, 0) is 4.79 Å². The Kier molecular flexibility index (Phi) is 5.43. The van der Waals surface area contributed by atoms with Gasteiger partial charge in [0, 0.05) is 38.1 Å². The lowest BCUT2D eigenvalue weighted by Crippen LogP contribution is -2.46. The van der Waals surface area contributed by atoms with Gasteiger partial charge in [-0.3, -0.25) is 9.69 Å². The van der Waals surface area contributed by atoms with Gasteiger partial charge in [-0.2, -0.15) is 4.37 Å². The van der Waals surface area contributed by atoms with E-state index in [-0.39, 0.29) is 0 Å². The van der Waals surface area contributed by atoms with Gasteiger partial charge in [-0.05, 0) is 43.1 Å². The Balaban J connectivity index is 1.21. The van der Waals surface area contributed by atoms with Crippen molar-refractivity contribution < 1.29 is 4.79 Å². The van der Waals surface area contributed by atoms with Crippen LogP contribution in [0.5, 0.6) is 0 Å². The second-order valence-corrected chi connectivity index (χ2v) is 8.43. The lowest BCUT2D eigenvalue weighted by Gasteiger charge is -2.35. The van der Waals surface area contributed by atoms with E-state index in [9.17, 15) is 4.79 Å².